The Morgan fingerprint density at radius 3 is 3.00 bits per heavy atom. The van der Waals surface area contributed by atoms with E-state index in [0.717, 1.165) is 37.1 Å². The van der Waals surface area contributed by atoms with E-state index in [9.17, 15) is 0 Å². The molecular weight excluding hydrogens is 304 g/mol. The maximum Gasteiger partial charge on any atom is 0.0826 e. The molecule has 2 unspecified atom stereocenters. The Hall–Kier alpha value is -0.420. The summed E-state index contributed by atoms with van der Waals surface area (Å²) in [5, 5.41) is 3.39. The van der Waals surface area contributed by atoms with Crippen LogP contribution in [-0.4, -0.2) is 44.3 Å². The summed E-state index contributed by atoms with van der Waals surface area (Å²) in [6, 6.07) is 9.04. The molecule has 1 aromatic carbocycles. The van der Waals surface area contributed by atoms with Crippen molar-refractivity contribution in [1.29, 1.82) is 0 Å². The maximum atomic E-state index is 5.79. The number of hydrogen-bond acceptors (Lipinski definition) is 3. The van der Waals surface area contributed by atoms with Crippen LogP contribution in [0.1, 0.15) is 24.9 Å². The van der Waals surface area contributed by atoms with Gasteiger partial charge < -0.3 is 10.1 Å². The average molecular weight is 327 g/mol. The fourth-order valence-electron chi connectivity index (χ4n) is 2.70. The van der Waals surface area contributed by atoms with Gasteiger partial charge in [-0.25, -0.2) is 0 Å². The van der Waals surface area contributed by atoms with Gasteiger partial charge in [0.25, 0.3) is 0 Å². The van der Waals surface area contributed by atoms with Crippen LogP contribution in [0, 0.1) is 0 Å². The van der Waals surface area contributed by atoms with Gasteiger partial charge >= 0.3 is 0 Å². The van der Waals surface area contributed by atoms with Crippen molar-refractivity contribution in [3.8, 4) is 0 Å². The fraction of sp³-hybridized carbons (Fsp3) is 0.600. The van der Waals surface area contributed by atoms with Gasteiger partial charge in [0.2, 0.25) is 0 Å². The van der Waals surface area contributed by atoms with E-state index in [4.69, 9.17) is 4.74 Å². The third-order valence-electron chi connectivity index (χ3n) is 3.65. The lowest BCUT2D eigenvalue weighted by molar-refractivity contribution is 0.00227. The second-order valence-electron chi connectivity index (χ2n) is 5.12. The molecule has 1 saturated heterocycles. The SMILES string of the molecule is CCC(c1cccc(Br)c1)N(C)CC1CNCCO1. The van der Waals surface area contributed by atoms with Crippen molar-refractivity contribution in [2.45, 2.75) is 25.5 Å². The van der Waals surface area contributed by atoms with Crippen molar-refractivity contribution in [3.05, 3.63) is 34.3 Å². The van der Waals surface area contributed by atoms with Gasteiger partial charge in [-0.2, -0.15) is 0 Å². The smallest absolute Gasteiger partial charge is 0.0826 e. The van der Waals surface area contributed by atoms with Crippen LogP contribution < -0.4 is 5.32 Å². The first-order valence-electron chi connectivity index (χ1n) is 6.98. The molecule has 1 heterocycles. The quantitative estimate of drug-likeness (QED) is 0.900. The van der Waals surface area contributed by atoms with Gasteiger partial charge in [0.15, 0.2) is 0 Å². The van der Waals surface area contributed by atoms with E-state index in [1.165, 1.54) is 5.56 Å². The molecule has 0 bridgehead atoms. The lowest BCUT2D eigenvalue weighted by atomic mass is 10.0. The van der Waals surface area contributed by atoms with Crippen molar-refractivity contribution in [2.24, 2.45) is 0 Å². The van der Waals surface area contributed by atoms with Crippen LogP contribution in [0.5, 0.6) is 0 Å². The molecule has 3 nitrogen and oxygen atoms in total. The largest absolute Gasteiger partial charge is 0.374 e. The van der Waals surface area contributed by atoms with E-state index in [1.54, 1.807) is 0 Å². The number of ether oxygens (including phenoxy) is 1. The highest BCUT2D eigenvalue weighted by molar-refractivity contribution is 9.10. The molecule has 0 aliphatic carbocycles. The predicted octanol–water partition coefficient (Wildman–Crippen LogP) is 2.82. The first kappa shape index (κ1) is 15.0. The molecule has 1 aromatic rings. The van der Waals surface area contributed by atoms with Crippen LogP contribution in [0.4, 0.5) is 0 Å². The molecular formula is C15H23BrN2O. The summed E-state index contributed by atoms with van der Waals surface area (Å²) in [6.45, 7) is 5.97. The van der Waals surface area contributed by atoms with Crippen LogP contribution in [0.15, 0.2) is 28.7 Å². The molecule has 106 valence electrons. The molecule has 1 N–H and O–H groups in total. The summed E-state index contributed by atoms with van der Waals surface area (Å²) < 4.78 is 6.94. The first-order chi connectivity index (χ1) is 9.20. The van der Waals surface area contributed by atoms with E-state index in [1.807, 2.05) is 0 Å². The highest BCUT2D eigenvalue weighted by atomic mass is 79.9. The lowest BCUT2D eigenvalue weighted by Crippen LogP contribution is -2.45. The van der Waals surface area contributed by atoms with Gasteiger partial charge in [0.05, 0.1) is 12.7 Å². The number of nitrogens with one attached hydrogen (secondary N) is 1. The van der Waals surface area contributed by atoms with Crippen molar-refractivity contribution >= 4 is 15.9 Å². The summed E-state index contributed by atoms with van der Waals surface area (Å²) in [5.74, 6) is 0. The van der Waals surface area contributed by atoms with E-state index >= 15 is 0 Å². The fourth-order valence-corrected chi connectivity index (χ4v) is 3.12. The molecule has 2 atom stereocenters. The van der Waals surface area contributed by atoms with Gasteiger partial charge in [0, 0.05) is 30.1 Å². The third-order valence-corrected chi connectivity index (χ3v) is 4.14. The standard InChI is InChI=1S/C15H23BrN2O/c1-3-15(12-5-4-6-13(16)9-12)18(2)11-14-10-17-7-8-19-14/h4-6,9,14-15,17H,3,7-8,10-11H2,1-2H3. The summed E-state index contributed by atoms with van der Waals surface area (Å²) in [7, 11) is 2.19. The van der Waals surface area contributed by atoms with Gasteiger partial charge in [-0.05, 0) is 31.2 Å². The average Bonchev–Trinajstić information content (AvgIpc) is 2.41. The number of hydrogen-bond donors (Lipinski definition) is 1. The maximum absolute atomic E-state index is 5.79. The normalized spacial score (nSPS) is 21.6. The lowest BCUT2D eigenvalue weighted by Gasteiger charge is -2.33. The number of halogens is 1. The van der Waals surface area contributed by atoms with Crippen LogP contribution in [0.25, 0.3) is 0 Å². The molecule has 1 aliphatic heterocycles. The minimum atomic E-state index is 0.306. The van der Waals surface area contributed by atoms with Crippen LogP contribution >= 0.6 is 15.9 Å². The minimum Gasteiger partial charge on any atom is -0.374 e. The number of rotatable bonds is 5. The number of nitrogens with zero attached hydrogens (tertiary/aromatic N) is 1. The molecule has 4 heteroatoms. The van der Waals surface area contributed by atoms with E-state index < -0.39 is 0 Å². The van der Waals surface area contributed by atoms with Crippen molar-refractivity contribution < 1.29 is 4.74 Å². The van der Waals surface area contributed by atoms with Crippen molar-refractivity contribution in [2.75, 3.05) is 33.3 Å². The van der Waals surface area contributed by atoms with Crippen LogP contribution in [0.3, 0.4) is 0 Å². The topological polar surface area (TPSA) is 24.5 Å². The first-order valence-corrected chi connectivity index (χ1v) is 7.78. The van der Waals surface area contributed by atoms with Crippen molar-refractivity contribution in [3.63, 3.8) is 0 Å². The molecule has 0 saturated carbocycles. The third kappa shape index (κ3) is 4.28. The molecule has 0 spiro atoms. The number of benzene rings is 1. The molecule has 1 aliphatic rings. The molecule has 0 radical (unpaired) electrons. The zero-order chi connectivity index (χ0) is 13.7. The van der Waals surface area contributed by atoms with E-state index in [-0.39, 0.29) is 0 Å². The number of likely N-dealkylation sites (N-methyl/N-ethyl adjacent to an activating group) is 1. The van der Waals surface area contributed by atoms with Gasteiger partial charge in [-0.3, -0.25) is 4.90 Å². The Labute approximate surface area is 124 Å². The monoisotopic (exact) mass is 326 g/mol. The minimum absolute atomic E-state index is 0.306. The Bertz CT molecular complexity index is 393. The molecule has 2 rings (SSSR count). The van der Waals surface area contributed by atoms with Crippen LogP contribution in [-0.2, 0) is 4.74 Å². The summed E-state index contributed by atoms with van der Waals surface area (Å²) in [6.07, 6.45) is 1.41. The Morgan fingerprint density at radius 1 is 1.53 bits per heavy atom. The second-order valence-corrected chi connectivity index (χ2v) is 6.03. The zero-order valence-corrected chi connectivity index (χ0v) is 13.3. The Kier molecular flexibility index (Phi) is 5.82. The molecule has 0 aromatic heterocycles. The van der Waals surface area contributed by atoms with Crippen LogP contribution in [0.2, 0.25) is 0 Å². The summed E-state index contributed by atoms with van der Waals surface area (Å²) in [5.41, 5.74) is 1.36. The molecule has 19 heavy (non-hydrogen) atoms. The van der Waals surface area contributed by atoms with E-state index in [0.29, 0.717) is 12.1 Å². The molecule has 0 amide bonds. The number of morpholine rings is 1. The zero-order valence-electron chi connectivity index (χ0n) is 11.7. The Morgan fingerprint density at radius 2 is 2.37 bits per heavy atom. The molecule has 1 fully saturated rings. The summed E-state index contributed by atoms with van der Waals surface area (Å²) >= 11 is 3.55. The second kappa shape index (κ2) is 7.39. The van der Waals surface area contributed by atoms with Gasteiger partial charge in [-0.15, -0.1) is 0 Å². The summed E-state index contributed by atoms with van der Waals surface area (Å²) in [4.78, 5) is 2.40. The highest BCUT2D eigenvalue weighted by Crippen LogP contribution is 2.25. The predicted molar refractivity (Wildman–Crippen MR) is 82.4 cm³/mol. The van der Waals surface area contributed by atoms with Gasteiger partial charge in [-0.1, -0.05) is 35.0 Å². The van der Waals surface area contributed by atoms with Gasteiger partial charge in [0.1, 0.15) is 0 Å². The Balaban J connectivity index is 1.99. The van der Waals surface area contributed by atoms with E-state index in [2.05, 4.69) is 64.4 Å². The highest BCUT2D eigenvalue weighted by Gasteiger charge is 2.21. The van der Waals surface area contributed by atoms with Crippen molar-refractivity contribution in [1.82, 2.24) is 10.2 Å².